The molecule has 0 saturated carbocycles. The lowest BCUT2D eigenvalue weighted by Gasteiger charge is -2.32. The zero-order valence-electron chi connectivity index (χ0n) is 13.0. The van der Waals surface area contributed by atoms with Gasteiger partial charge in [-0.15, -0.1) is 0 Å². The zero-order valence-corrected chi connectivity index (χ0v) is 13.0. The Balaban J connectivity index is 2.08. The van der Waals surface area contributed by atoms with Crippen molar-refractivity contribution in [2.75, 3.05) is 30.4 Å². The van der Waals surface area contributed by atoms with Crippen LogP contribution in [-0.2, 0) is 4.79 Å². The summed E-state index contributed by atoms with van der Waals surface area (Å²) in [5, 5.41) is 14.7. The number of rotatable bonds is 3. The standard InChI is InChI=1S/C17H21N3O2/c1-11-9-14-13(6-3-7-15(14)18-2)16(19-11)20-8-4-5-12(10-20)17(21)22/h3,6-7,9,12,18H,4-5,8,10H2,1-2H3,(H,21,22). The first kappa shape index (κ1) is 14.6. The van der Waals surface area contributed by atoms with Crippen molar-refractivity contribution in [3.63, 3.8) is 0 Å². The molecule has 2 N–H and O–H groups in total. The van der Waals surface area contributed by atoms with Crippen molar-refractivity contribution in [3.05, 3.63) is 30.0 Å². The Hall–Kier alpha value is -2.30. The Morgan fingerprint density at radius 1 is 1.41 bits per heavy atom. The smallest absolute Gasteiger partial charge is 0.308 e. The van der Waals surface area contributed by atoms with Crippen molar-refractivity contribution in [1.29, 1.82) is 0 Å². The van der Waals surface area contributed by atoms with E-state index in [0.29, 0.717) is 6.54 Å². The maximum atomic E-state index is 11.3. The van der Waals surface area contributed by atoms with Gasteiger partial charge in [0.2, 0.25) is 0 Å². The molecule has 0 bridgehead atoms. The summed E-state index contributed by atoms with van der Waals surface area (Å²) in [6.45, 7) is 3.37. The summed E-state index contributed by atoms with van der Waals surface area (Å²) in [7, 11) is 1.91. The molecule has 2 heterocycles. The van der Waals surface area contributed by atoms with Crippen LogP contribution in [0, 0.1) is 12.8 Å². The molecule has 1 aromatic carbocycles. The molecular formula is C17H21N3O2. The number of hydrogen-bond acceptors (Lipinski definition) is 4. The number of carboxylic acid groups (broad SMARTS) is 1. The maximum Gasteiger partial charge on any atom is 0.308 e. The molecule has 1 aliphatic rings. The number of hydrogen-bond donors (Lipinski definition) is 2. The Bertz CT molecular complexity index is 714. The lowest BCUT2D eigenvalue weighted by molar-refractivity contribution is -0.141. The quantitative estimate of drug-likeness (QED) is 0.912. The van der Waals surface area contributed by atoms with Gasteiger partial charge in [-0.2, -0.15) is 0 Å². The first-order valence-electron chi connectivity index (χ1n) is 7.66. The summed E-state index contributed by atoms with van der Waals surface area (Å²) in [6, 6.07) is 8.18. The fraction of sp³-hybridized carbons (Fsp3) is 0.412. The highest BCUT2D eigenvalue weighted by Crippen LogP contribution is 2.32. The number of piperidine rings is 1. The minimum Gasteiger partial charge on any atom is -0.481 e. The molecule has 22 heavy (non-hydrogen) atoms. The molecule has 5 nitrogen and oxygen atoms in total. The lowest BCUT2D eigenvalue weighted by Crippen LogP contribution is -2.39. The molecule has 116 valence electrons. The van der Waals surface area contributed by atoms with E-state index >= 15 is 0 Å². The Kier molecular flexibility index (Phi) is 3.88. The van der Waals surface area contributed by atoms with Gasteiger partial charge in [-0.3, -0.25) is 4.79 Å². The van der Waals surface area contributed by atoms with E-state index in [4.69, 9.17) is 4.98 Å². The summed E-state index contributed by atoms with van der Waals surface area (Å²) in [4.78, 5) is 18.1. The highest BCUT2D eigenvalue weighted by molar-refractivity contribution is 6.00. The van der Waals surface area contributed by atoms with Gasteiger partial charge in [0.05, 0.1) is 5.92 Å². The SMILES string of the molecule is CNc1cccc2c(N3CCCC(C(=O)O)C3)nc(C)cc12. The molecule has 0 amide bonds. The van der Waals surface area contributed by atoms with Crippen molar-refractivity contribution in [3.8, 4) is 0 Å². The van der Waals surface area contributed by atoms with Crippen LogP contribution in [0.25, 0.3) is 10.8 Å². The fourth-order valence-electron chi connectivity index (χ4n) is 3.21. The minimum absolute atomic E-state index is 0.307. The molecule has 1 aliphatic heterocycles. The molecule has 3 rings (SSSR count). The Labute approximate surface area is 130 Å². The molecule has 5 heteroatoms. The molecule has 1 fully saturated rings. The van der Waals surface area contributed by atoms with Gasteiger partial charge in [0.1, 0.15) is 5.82 Å². The number of nitrogens with zero attached hydrogens (tertiary/aromatic N) is 2. The molecular weight excluding hydrogens is 278 g/mol. The highest BCUT2D eigenvalue weighted by Gasteiger charge is 2.27. The number of aryl methyl sites for hydroxylation is 1. The van der Waals surface area contributed by atoms with Crippen molar-refractivity contribution in [2.24, 2.45) is 5.92 Å². The van der Waals surface area contributed by atoms with Crippen LogP contribution in [0.1, 0.15) is 18.5 Å². The predicted octanol–water partition coefficient (Wildman–Crippen LogP) is 2.89. The monoisotopic (exact) mass is 299 g/mol. The number of carbonyl (C=O) groups is 1. The molecule has 1 unspecified atom stereocenters. The van der Waals surface area contributed by atoms with Crippen LogP contribution in [0.2, 0.25) is 0 Å². The van der Waals surface area contributed by atoms with Gasteiger partial charge < -0.3 is 15.3 Å². The number of nitrogens with one attached hydrogen (secondary N) is 1. The van der Waals surface area contributed by atoms with Gasteiger partial charge in [-0.05, 0) is 31.9 Å². The van der Waals surface area contributed by atoms with Crippen LogP contribution in [-0.4, -0.2) is 36.2 Å². The first-order valence-corrected chi connectivity index (χ1v) is 7.66. The van der Waals surface area contributed by atoms with Crippen LogP contribution in [0.5, 0.6) is 0 Å². The van der Waals surface area contributed by atoms with Crippen LogP contribution in [0.3, 0.4) is 0 Å². The Morgan fingerprint density at radius 2 is 2.23 bits per heavy atom. The van der Waals surface area contributed by atoms with Crippen molar-refractivity contribution >= 4 is 28.2 Å². The van der Waals surface area contributed by atoms with E-state index in [0.717, 1.165) is 47.4 Å². The number of fused-ring (bicyclic) bond motifs is 1. The van der Waals surface area contributed by atoms with Crippen LogP contribution in [0.4, 0.5) is 11.5 Å². The van der Waals surface area contributed by atoms with Crippen LogP contribution < -0.4 is 10.2 Å². The summed E-state index contributed by atoms with van der Waals surface area (Å²) < 4.78 is 0. The number of aromatic nitrogens is 1. The van der Waals surface area contributed by atoms with Gasteiger partial charge >= 0.3 is 5.97 Å². The number of aliphatic carboxylic acids is 1. The zero-order chi connectivity index (χ0) is 15.7. The number of pyridine rings is 1. The molecule has 1 saturated heterocycles. The third kappa shape index (κ3) is 2.58. The van der Waals surface area contributed by atoms with Gasteiger partial charge in [0.25, 0.3) is 0 Å². The third-order valence-corrected chi connectivity index (χ3v) is 4.32. The molecule has 0 radical (unpaired) electrons. The third-order valence-electron chi connectivity index (χ3n) is 4.32. The molecule has 1 aromatic heterocycles. The van der Waals surface area contributed by atoms with Gasteiger partial charge in [0.15, 0.2) is 0 Å². The maximum absolute atomic E-state index is 11.3. The number of anilines is 2. The molecule has 1 atom stereocenters. The minimum atomic E-state index is -0.711. The van der Waals surface area contributed by atoms with Gasteiger partial charge in [0, 0.05) is 42.3 Å². The largest absolute Gasteiger partial charge is 0.481 e. The highest BCUT2D eigenvalue weighted by atomic mass is 16.4. The van der Waals surface area contributed by atoms with Gasteiger partial charge in [-0.25, -0.2) is 4.98 Å². The topological polar surface area (TPSA) is 65.5 Å². The molecule has 2 aromatic rings. The van der Waals surface area contributed by atoms with E-state index < -0.39 is 5.97 Å². The fourth-order valence-corrected chi connectivity index (χ4v) is 3.21. The second kappa shape index (κ2) is 5.83. The van der Waals surface area contributed by atoms with Crippen molar-refractivity contribution < 1.29 is 9.90 Å². The van der Waals surface area contributed by atoms with E-state index in [2.05, 4.69) is 22.3 Å². The molecule has 0 spiro atoms. The normalized spacial score (nSPS) is 18.5. The van der Waals surface area contributed by atoms with Crippen LogP contribution >= 0.6 is 0 Å². The molecule has 0 aliphatic carbocycles. The van der Waals surface area contributed by atoms with E-state index in [1.807, 2.05) is 26.1 Å². The van der Waals surface area contributed by atoms with Crippen LogP contribution in [0.15, 0.2) is 24.3 Å². The average Bonchev–Trinajstić information content (AvgIpc) is 2.53. The van der Waals surface area contributed by atoms with Crippen molar-refractivity contribution in [2.45, 2.75) is 19.8 Å². The second-order valence-electron chi connectivity index (χ2n) is 5.86. The lowest BCUT2D eigenvalue weighted by atomic mass is 9.97. The second-order valence-corrected chi connectivity index (χ2v) is 5.86. The van der Waals surface area contributed by atoms with Crippen molar-refractivity contribution in [1.82, 2.24) is 4.98 Å². The number of carboxylic acids is 1. The van der Waals surface area contributed by atoms with E-state index in [1.165, 1.54) is 0 Å². The predicted molar refractivity (Wildman–Crippen MR) is 88.6 cm³/mol. The summed E-state index contributed by atoms with van der Waals surface area (Å²) in [6.07, 6.45) is 1.64. The van der Waals surface area contributed by atoms with E-state index in [-0.39, 0.29) is 5.92 Å². The van der Waals surface area contributed by atoms with E-state index in [1.54, 1.807) is 0 Å². The average molecular weight is 299 g/mol. The number of benzene rings is 1. The first-order chi connectivity index (χ1) is 10.6. The summed E-state index contributed by atoms with van der Waals surface area (Å²) in [5.74, 6) is -0.116. The van der Waals surface area contributed by atoms with Gasteiger partial charge in [-0.1, -0.05) is 12.1 Å². The Morgan fingerprint density at radius 3 is 2.95 bits per heavy atom. The summed E-state index contributed by atoms with van der Waals surface area (Å²) in [5.41, 5.74) is 2.01. The van der Waals surface area contributed by atoms with E-state index in [9.17, 15) is 9.90 Å². The summed E-state index contributed by atoms with van der Waals surface area (Å²) >= 11 is 0.